The van der Waals surface area contributed by atoms with E-state index in [-0.39, 0.29) is 5.91 Å². The summed E-state index contributed by atoms with van der Waals surface area (Å²) in [4.78, 5) is 14.4. The lowest BCUT2D eigenvalue weighted by molar-refractivity contribution is 0.0793. The molecular formula is C17H17BrN2OS. The molecule has 3 rings (SSSR count). The van der Waals surface area contributed by atoms with Gasteiger partial charge in [-0.15, -0.1) is 11.3 Å². The predicted molar refractivity (Wildman–Crippen MR) is 95.7 cm³/mol. The molecule has 2 aromatic heterocycles. The van der Waals surface area contributed by atoms with E-state index in [2.05, 4.69) is 38.7 Å². The summed E-state index contributed by atoms with van der Waals surface area (Å²) in [5.41, 5.74) is 3.05. The molecular weight excluding hydrogens is 360 g/mol. The van der Waals surface area contributed by atoms with Crippen molar-refractivity contribution in [2.45, 2.75) is 13.5 Å². The number of carbonyl (C=O) groups is 1. The van der Waals surface area contributed by atoms with Gasteiger partial charge in [0.25, 0.3) is 5.91 Å². The second-order valence-electron chi connectivity index (χ2n) is 5.22. The van der Waals surface area contributed by atoms with E-state index in [1.165, 1.54) is 5.56 Å². The monoisotopic (exact) mass is 376 g/mol. The summed E-state index contributed by atoms with van der Waals surface area (Å²) in [6.45, 7) is 3.39. The molecule has 0 bridgehead atoms. The zero-order valence-corrected chi connectivity index (χ0v) is 14.9. The smallest absolute Gasteiger partial charge is 0.270 e. The van der Waals surface area contributed by atoms with Crippen molar-refractivity contribution in [2.24, 2.45) is 0 Å². The van der Waals surface area contributed by atoms with Gasteiger partial charge in [0.1, 0.15) is 5.69 Å². The number of thiophene rings is 1. The molecule has 1 aromatic carbocycles. The van der Waals surface area contributed by atoms with Crippen molar-refractivity contribution in [3.63, 3.8) is 0 Å². The fourth-order valence-electron chi connectivity index (χ4n) is 2.46. The molecule has 0 aliphatic heterocycles. The van der Waals surface area contributed by atoms with Gasteiger partial charge >= 0.3 is 0 Å². The van der Waals surface area contributed by atoms with Crippen molar-refractivity contribution in [3.8, 4) is 0 Å². The number of benzene rings is 1. The van der Waals surface area contributed by atoms with Crippen LogP contribution in [0.5, 0.6) is 0 Å². The molecule has 22 heavy (non-hydrogen) atoms. The number of aromatic nitrogens is 1. The molecule has 0 aliphatic carbocycles. The molecule has 0 atom stereocenters. The first-order chi connectivity index (χ1) is 10.6. The van der Waals surface area contributed by atoms with Crippen molar-refractivity contribution in [1.82, 2.24) is 9.47 Å². The van der Waals surface area contributed by atoms with Gasteiger partial charge in [0.15, 0.2) is 0 Å². The first kappa shape index (κ1) is 15.3. The van der Waals surface area contributed by atoms with Crippen LogP contribution in [-0.2, 0) is 6.54 Å². The van der Waals surface area contributed by atoms with Gasteiger partial charge in [-0.3, -0.25) is 4.79 Å². The van der Waals surface area contributed by atoms with E-state index in [9.17, 15) is 4.79 Å². The number of amides is 1. The van der Waals surface area contributed by atoms with E-state index in [0.29, 0.717) is 13.1 Å². The fourth-order valence-corrected chi connectivity index (χ4v) is 4.03. The van der Waals surface area contributed by atoms with Crippen LogP contribution in [0.1, 0.15) is 23.0 Å². The van der Waals surface area contributed by atoms with Crippen LogP contribution >= 0.6 is 27.3 Å². The molecule has 1 amide bonds. The molecule has 0 saturated carbocycles. The third-order valence-electron chi connectivity index (χ3n) is 3.78. The van der Waals surface area contributed by atoms with Crippen LogP contribution in [0, 0.1) is 0 Å². The lowest BCUT2D eigenvalue weighted by Gasteiger charge is -2.16. The van der Waals surface area contributed by atoms with Crippen LogP contribution < -0.4 is 0 Å². The summed E-state index contributed by atoms with van der Waals surface area (Å²) in [7, 11) is 1.84. The average Bonchev–Trinajstić information content (AvgIpc) is 3.04. The summed E-state index contributed by atoms with van der Waals surface area (Å²) in [5.74, 6) is 0.0675. The Kier molecular flexibility index (Phi) is 4.36. The van der Waals surface area contributed by atoms with Crippen molar-refractivity contribution in [1.29, 1.82) is 0 Å². The van der Waals surface area contributed by atoms with Gasteiger partial charge < -0.3 is 9.47 Å². The van der Waals surface area contributed by atoms with Crippen molar-refractivity contribution in [2.75, 3.05) is 13.6 Å². The average molecular weight is 377 g/mol. The van der Waals surface area contributed by atoms with E-state index in [0.717, 1.165) is 19.7 Å². The number of carbonyl (C=O) groups excluding carboxylic acids is 1. The highest BCUT2D eigenvalue weighted by molar-refractivity contribution is 9.11. The Morgan fingerprint density at radius 1 is 1.27 bits per heavy atom. The minimum Gasteiger partial charge on any atom is -0.341 e. The topological polar surface area (TPSA) is 25.2 Å². The molecule has 0 spiro atoms. The Labute approximate surface area is 142 Å². The van der Waals surface area contributed by atoms with E-state index in [1.807, 2.05) is 38.2 Å². The zero-order chi connectivity index (χ0) is 15.7. The standard InChI is InChI=1S/C17H17BrN2OS/c1-3-19(2)17(21)14-9-15-13(10-16(18)22-15)20(14)11-12-7-5-4-6-8-12/h4-10H,3,11H2,1-2H3. The highest BCUT2D eigenvalue weighted by Gasteiger charge is 2.19. The van der Waals surface area contributed by atoms with Gasteiger partial charge in [-0.2, -0.15) is 0 Å². The molecule has 3 aromatic rings. The second-order valence-corrected chi connectivity index (χ2v) is 7.68. The van der Waals surface area contributed by atoms with Gasteiger partial charge in [0, 0.05) is 20.1 Å². The Bertz CT molecular complexity index is 807. The highest BCUT2D eigenvalue weighted by Crippen LogP contribution is 2.33. The maximum absolute atomic E-state index is 12.6. The lowest BCUT2D eigenvalue weighted by Crippen LogP contribution is -2.28. The number of hydrogen-bond donors (Lipinski definition) is 0. The Morgan fingerprint density at radius 3 is 2.68 bits per heavy atom. The summed E-state index contributed by atoms with van der Waals surface area (Å²) >= 11 is 5.20. The lowest BCUT2D eigenvalue weighted by atomic mass is 10.2. The molecule has 5 heteroatoms. The van der Waals surface area contributed by atoms with Crippen LogP contribution in [0.3, 0.4) is 0 Å². The van der Waals surface area contributed by atoms with Crippen molar-refractivity contribution >= 4 is 43.4 Å². The number of nitrogens with zero attached hydrogens (tertiary/aromatic N) is 2. The summed E-state index contributed by atoms with van der Waals surface area (Å²) in [5, 5.41) is 0. The van der Waals surface area contributed by atoms with Crippen LogP contribution in [0.25, 0.3) is 10.2 Å². The second kappa shape index (κ2) is 6.26. The Hall–Kier alpha value is -1.59. The Balaban J connectivity index is 2.09. The number of hydrogen-bond acceptors (Lipinski definition) is 2. The van der Waals surface area contributed by atoms with Crippen molar-refractivity contribution < 1.29 is 4.79 Å². The number of fused-ring (bicyclic) bond motifs is 1. The van der Waals surface area contributed by atoms with E-state index >= 15 is 0 Å². The summed E-state index contributed by atoms with van der Waals surface area (Å²) < 4.78 is 4.33. The summed E-state index contributed by atoms with van der Waals surface area (Å²) in [6.07, 6.45) is 0. The summed E-state index contributed by atoms with van der Waals surface area (Å²) in [6, 6.07) is 14.3. The molecule has 0 radical (unpaired) electrons. The molecule has 3 nitrogen and oxygen atoms in total. The third kappa shape index (κ3) is 2.83. The molecule has 114 valence electrons. The van der Waals surface area contributed by atoms with Crippen molar-refractivity contribution in [3.05, 3.63) is 57.5 Å². The Morgan fingerprint density at radius 2 is 2.00 bits per heavy atom. The zero-order valence-electron chi connectivity index (χ0n) is 12.5. The molecule has 0 aliphatic rings. The van der Waals surface area contributed by atoms with Gasteiger partial charge in [-0.05, 0) is 40.5 Å². The fraction of sp³-hybridized carbons (Fsp3) is 0.235. The first-order valence-electron chi connectivity index (χ1n) is 7.18. The molecule has 2 heterocycles. The highest BCUT2D eigenvalue weighted by atomic mass is 79.9. The molecule has 0 N–H and O–H groups in total. The van der Waals surface area contributed by atoms with Gasteiger partial charge in [-0.1, -0.05) is 30.3 Å². The molecule has 0 unspecified atom stereocenters. The van der Waals surface area contributed by atoms with E-state index in [1.54, 1.807) is 16.2 Å². The number of halogens is 1. The SMILES string of the molecule is CCN(C)C(=O)c1cc2sc(Br)cc2n1Cc1ccccc1. The van der Waals surface area contributed by atoms with E-state index < -0.39 is 0 Å². The minimum atomic E-state index is 0.0675. The van der Waals surface area contributed by atoms with Crippen LogP contribution in [0.2, 0.25) is 0 Å². The van der Waals surface area contributed by atoms with Gasteiger partial charge in [-0.25, -0.2) is 0 Å². The van der Waals surface area contributed by atoms with Crippen LogP contribution in [-0.4, -0.2) is 29.0 Å². The van der Waals surface area contributed by atoms with Crippen LogP contribution in [0.15, 0.2) is 46.3 Å². The third-order valence-corrected chi connectivity index (χ3v) is 5.36. The largest absolute Gasteiger partial charge is 0.341 e. The quantitative estimate of drug-likeness (QED) is 0.652. The maximum atomic E-state index is 12.6. The molecule has 0 saturated heterocycles. The van der Waals surface area contributed by atoms with Crippen LogP contribution in [0.4, 0.5) is 0 Å². The normalized spacial score (nSPS) is 11.0. The number of rotatable bonds is 4. The van der Waals surface area contributed by atoms with E-state index in [4.69, 9.17) is 0 Å². The first-order valence-corrected chi connectivity index (χ1v) is 8.79. The maximum Gasteiger partial charge on any atom is 0.270 e. The van der Waals surface area contributed by atoms with Gasteiger partial charge in [0.05, 0.1) is 14.0 Å². The molecule has 0 fully saturated rings. The van der Waals surface area contributed by atoms with Gasteiger partial charge in [0.2, 0.25) is 0 Å². The minimum absolute atomic E-state index is 0.0675. The predicted octanol–water partition coefficient (Wildman–Crippen LogP) is 4.61.